The fourth-order valence-corrected chi connectivity index (χ4v) is 5.59. The Labute approximate surface area is 113 Å². The van der Waals surface area contributed by atoms with Crippen molar-refractivity contribution >= 4 is 0 Å². The monoisotopic (exact) mass is 249 g/mol. The van der Waals surface area contributed by atoms with Gasteiger partial charge in [0.1, 0.15) is 0 Å². The summed E-state index contributed by atoms with van der Waals surface area (Å²) in [6.45, 7) is 3.68. The van der Waals surface area contributed by atoms with Crippen molar-refractivity contribution in [2.45, 2.75) is 58.3 Å². The third kappa shape index (κ3) is 2.35. The van der Waals surface area contributed by atoms with Crippen LogP contribution in [0.3, 0.4) is 0 Å². The molecule has 1 nitrogen and oxygen atoms in total. The van der Waals surface area contributed by atoms with Crippen LogP contribution in [0.2, 0.25) is 0 Å². The second-order valence-electron chi connectivity index (χ2n) is 7.41. The lowest BCUT2D eigenvalue weighted by atomic mass is 9.64. The smallest absolute Gasteiger partial charge is 0.00208 e. The van der Waals surface area contributed by atoms with E-state index >= 15 is 0 Å². The molecule has 0 aliphatic heterocycles. The first-order chi connectivity index (χ1) is 8.81. The van der Waals surface area contributed by atoms with Crippen LogP contribution in [0.1, 0.15) is 58.3 Å². The van der Waals surface area contributed by atoms with Gasteiger partial charge in [0.05, 0.1) is 0 Å². The van der Waals surface area contributed by atoms with Crippen molar-refractivity contribution in [1.82, 2.24) is 5.32 Å². The van der Waals surface area contributed by atoms with Gasteiger partial charge in [0.2, 0.25) is 0 Å². The van der Waals surface area contributed by atoms with Crippen molar-refractivity contribution in [1.29, 1.82) is 0 Å². The van der Waals surface area contributed by atoms with E-state index in [9.17, 15) is 0 Å². The maximum Gasteiger partial charge on any atom is -0.00208 e. The molecule has 3 fully saturated rings. The van der Waals surface area contributed by atoms with Crippen LogP contribution in [0.4, 0.5) is 0 Å². The van der Waals surface area contributed by atoms with Crippen molar-refractivity contribution in [3.05, 3.63) is 0 Å². The van der Waals surface area contributed by atoms with Crippen LogP contribution in [0.25, 0.3) is 0 Å². The van der Waals surface area contributed by atoms with Crippen LogP contribution < -0.4 is 5.32 Å². The molecule has 6 unspecified atom stereocenters. The summed E-state index contributed by atoms with van der Waals surface area (Å²) in [5.41, 5.74) is 0. The largest absolute Gasteiger partial charge is 0.319 e. The van der Waals surface area contributed by atoms with Crippen molar-refractivity contribution < 1.29 is 0 Å². The van der Waals surface area contributed by atoms with Crippen molar-refractivity contribution in [2.75, 3.05) is 13.6 Å². The molecule has 0 aromatic rings. The molecule has 1 heteroatoms. The molecule has 6 atom stereocenters. The van der Waals surface area contributed by atoms with Crippen LogP contribution in [-0.4, -0.2) is 13.6 Å². The minimum atomic E-state index is 0.988. The van der Waals surface area contributed by atoms with E-state index in [0.29, 0.717) is 0 Å². The average Bonchev–Trinajstić information content (AvgIpc) is 3.02. The molecule has 18 heavy (non-hydrogen) atoms. The molecule has 0 heterocycles. The van der Waals surface area contributed by atoms with Gasteiger partial charge in [-0.2, -0.15) is 0 Å². The zero-order valence-corrected chi connectivity index (χ0v) is 12.3. The van der Waals surface area contributed by atoms with Crippen LogP contribution in [-0.2, 0) is 0 Å². The first kappa shape index (κ1) is 13.0. The molecule has 2 bridgehead atoms. The third-order valence-corrected chi connectivity index (χ3v) is 6.54. The van der Waals surface area contributed by atoms with E-state index in [1.807, 2.05) is 0 Å². The molecule has 0 spiro atoms. The van der Waals surface area contributed by atoms with E-state index < -0.39 is 0 Å². The third-order valence-electron chi connectivity index (χ3n) is 6.54. The lowest BCUT2D eigenvalue weighted by molar-refractivity contribution is 0.0852. The van der Waals surface area contributed by atoms with Crippen molar-refractivity contribution in [3.63, 3.8) is 0 Å². The van der Waals surface area contributed by atoms with Gasteiger partial charge in [0.15, 0.2) is 0 Å². The highest BCUT2D eigenvalue weighted by Gasteiger charge is 2.46. The maximum atomic E-state index is 3.47. The topological polar surface area (TPSA) is 12.0 Å². The number of rotatable bonds is 4. The zero-order valence-electron chi connectivity index (χ0n) is 12.3. The van der Waals surface area contributed by atoms with Crippen LogP contribution >= 0.6 is 0 Å². The van der Waals surface area contributed by atoms with E-state index in [4.69, 9.17) is 0 Å². The summed E-state index contributed by atoms with van der Waals surface area (Å²) in [5, 5.41) is 3.47. The summed E-state index contributed by atoms with van der Waals surface area (Å²) >= 11 is 0. The Morgan fingerprint density at radius 3 is 2.44 bits per heavy atom. The highest BCUT2D eigenvalue weighted by atomic mass is 14.8. The summed E-state index contributed by atoms with van der Waals surface area (Å²) in [5.74, 6) is 6.44. The van der Waals surface area contributed by atoms with E-state index in [1.54, 1.807) is 32.1 Å². The molecule has 3 aliphatic carbocycles. The van der Waals surface area contributed by atoms with Gasteiger partial charge in [-0.15, -0.1) is 0 Å². The van der Waals surface area contributed by atoms with Gasteiger partial charge >= 0.3 is 0 Å². The fourth-order valence-electron chi connectivity index (χ4n) is 5.59. The number of hydrogen-bond acceptors (Lipinski definition) is 1. The predicted molar refractivity (Wildman–Crippen MR) is 77.5 cm³/mol. The summed E-state index contributed by atoms with van der Waals surface area (Å²) in [7, 11) is 2.14. The Balaban J connectivity index is 1.68. The van der Waals surface area contributed by atoms with Gasteiger partial charge in [0.25, 0.3) is 0 Å². The quantitative estimate of drug-likeness (QED) is 0.791. The van der Waals surface area contributed by atoms with Gasteiger partial charge in [-0.05, 0) is 81.2 Å². The van der Waals surface area contributed by atoms with Crippen LogP contribution in [0.5, 0.6) is 0 Å². The molecule has 0 amide bonds. The molecular weight excluding hydrogens is 218 g/mol. The predicted octanol–water partition coefficient (Wildman–Crippen LogP) is 4.08. The molecule has 3 aliphatic rings. The van der Waals surface area contributed by atoms with Gasteiger partial charge < -0.3 is 5.32 Å². The first-order valence-corrected chi connectivity index (χ1v) is 8.46. The minimum absolute atomic E-state index is 0.988. The Kier molecular flexibility index (Phi) is 3.98. The molecule has 3 saturated carbocycles. The highest BCUT2D eigenvalue weighted by Crippen LogP contribution is 2.55. The first-order valence-electron chi connectivity index (χ1n) is 8.46. The number of fused-ring (bicyclic) bond motifs is 2. The van der Waals surface area contributed by atoms with E-state index in [2.05, 4.69) is 19.3 Å². The van der Waals surface area contributed by atoms with Gasteiger partial charge in [-0.1, -0.05) is 26.2 Å². The number of nitrogens with one attached hydrogen (secondary N) is 1. The summed E-state index contributed by atoms with van der Waals surface area (Å²) in [4.78, 5) is 0. The molecule has 0 aromatic carbocycles. The van der Waals surface area contributed by atoms with Gasteiger partial charge in [0, 0.05) is 0 Å². The normalized spacial score (nSPS) is 47.7. The Morgan fingerprint density at radius 1 is 0.944 bits per heavy atom. The molecule has 0 radical (unpaired) electrons. The lowest BCUT2D eigenvalue weighted by Crippen LogP contribution is -2.37. The van der Waals surface area contributed by atoms with Gasteiger partial charge in [-0.25, -0.2) is 0 Å². The van der Waals surface area contributed by atoms with E-state index in [1.165, 1.54) is 25.8 Å². The molecule has 3 rings (SSSR count). The van der Waals surface area contributed by atoms with E-state index in [-0.39, 0.29) is 0 Å². The second kappa shape index (κ2) is 5.53. The van der Waals surface area contributed by atoms with E-state index in [0.717, 1.165) is 35.5 Å². The Morgan fingerprint density at radius 2 is 1.83 bits per heavy atom. The molecule has 0 saturated heterocycles. The fraction of sp³-hybridized carbons (Fsp3) is 1.00. The highest BCUT2D eigenvalue weighted by molar-refractivity contribution is 4.96. The SMILES string of the molecule is CCC1CCC(CNC)C(C2CC3CCC2C3)C1. The van der Waals surface area contributed by atoms with Crippen LogP contribution in [0.15, 0.2) is 0 Å². The average molecular weight is 249 g/mol. The van der Waals surface area contributed by atoms with Gasteiger partial charge in [-0.3, -0.25) is 0 Å². The zero-order chi connectivity index (χ0) is 12.5. The molecular formula is C17H31N. The van der Waals surface area contributed by atoms with Crippen LogP contribution in [0, 0.1) is 35.5 Å². The summed E-state index contributed by atoms with van der Waals surface area (Å²) in [6.07, 6.45) is 12.3. The molecule has 104 valence electrons. The Hall–Kier alpha value is -0.0400. The van der Waals surface area contributed by atoms with Crippen molar-refractivity contribution in [2.24, 2.45) is 35.5 Å². The van der Waals surface area contributed by atoms with Crippen molar-refractivity contribution in [3.8, 4) is 0 Å². The lowest BCUT2D eigenvalue weighted by Gasteiger charge is -2.42. The molecule has 1 N–H and O–H groups in total. The Bertz CT molecular complexity index is 275. The standard InChI is InChI=1S/C17H31N/c1-3-12-4-7-15(11-18-2)17(9-12)16-10-13-5-6-14(16)8-13/h12-18H,3-11H2,1-2H3. The second-order valence-corrected chi connectivity index (χ2v) is 7.41. The summed E-state index contributed by atoms with van der Waals surface area (Å²) < 4.78 is 0. The minimum Gasteiger partial charge on any atom is -0.319 e. The molecule has 0 aromatic heterocycles. The maximum absolute atomic E-state index is 3.47. The summed E-state index contributed by atoms with van der Waals surface area (Å²) in [6, 6.07) is 0. The number of hydrogen-bond donors (Lipinski definition) is 1.